The molecule has 0 spiro atoms. The number of hydrogen-bond acceptors (Lipinski definition) is 0. The summed E-state index contributed by atoms with van der Waals surface area (Å²) in [4.78, 5) is 0. The van der Waals surface area contributed by atoms with Crippen molar-refractivity contribution >= 4 is 11.6 Å². The van der Waals surface area contributed by atoms with Gasteiger partial charge in [-0.1, -0.05) is 32.8 Å². The second-order valence-corrected chi connectivity index (χ2v) is 6.38. The van der Waals surface area contributed by atoms with Crippen molar-refractivity contribution in [3.8, 4) is 0 Å². The van der Waals surface area contributed by atoms with Gasteiger partial charge in [0, 0.05) is 0 Å². The van der Waals surface area contributed by atoms with Gasteiger partial charge in [0.15, 0.2) is 0 Å². The van der Waals surface area contributed by atoms with Crippen LogP contribution in [-0.2, 0) is 0 Å². The molecule has 1 aromatic rings. The molecule has 1 rings (SSSR count). The van der Waals surface area contributed by atoms with E-state index in [1.54, 1.807) is 0 Å². The lowest BCUT2D eigenvalue weighted by molar-refractivity contribution is 0.424. The minimum atomic E-state index is 0.165. The standard InChI is InChI=1S/C18H29Cl/c1-7-9-16(10-8-2)18(19)17-14(5)12(3)11-13(4)15(17)6/h11,16,18H,7-10H2,1-6H3. The molecule has 0 fully saturated rings. The van der Waals surface area contributed by atoms with Gasteiger partial charge >= 0.3 is 0 Å². The van der Waals surface area contributed by atoms with Gasteiger partial charge < -0.3 is 0 Å². The first-order valence-electron chi connectivity index (χ1n) is 7.65. The van der Waals surface area contributed by atoms with E-state index < -0.39 is 0 Å². The van der Waals surface area contributed by atoms with Gasteiger partial charge in [0.05, 0.1) is 5.38 Å². The maximum Gasteiger partial charge on any atom is 0.0618 e. The van der Waals surface area contributed by atoms with Crippen LogP contribution in [0.15, 0.2) is 6.07 Å². The van der Waals surface area contributed by atoms with Gasteiger partial charge in [-0.25, -0.2) is 0 Å². The van der Waals surface area contributed by atoms with Crippen molar-refractivity contribution in [1.29, 1.82) is 0 Å². The maximum absolute atomic E-state index is 6.88. The lowest BCUT2D eigenvalue weighted by atomic mass is 9.84. The van der Waals surface area contributed by atoms with Crippen LogP contribution in [0.5, 0.6) is 0 Å². The van der Waals surface area contributed by atoms with E-state index in [2.05, 4.69) is 47.6 Å². The van der Waals surface area contributed by atoms with Crippen LogP contribution in [0.3, 0.4) is 0 Å². The third kappa shape index (κ3) is 3.75. The molecule has 108 valence electrons. The molecule has 0 radical (unpaired) electrons. The van der Waals surface area contributed by atoms with Crippen LogP contribution in [0.4, 0.5) is 0 Å². The fourth-order valence-corrected chi connectivity index (χ4v) is 3.65. The largest absolute Gasteiger partial charge is 0.118 e. The van der Waals surface area contributed by atoms with E-state index in [4.69, 9.17) is 11.6 Å². The Kier molecular flexibility index (Phi) is 6.39. The molecule has 0 heterocycles. The molecule has 0 bridgehead atoms. The highest BCUT2D eigenvalue weighted by molar-refractivity contribution is 6.21. The van der Waals surface area contributed by atoms with Gasteiger partial charge in [0.25, 0.3) is 0 Å². The lowest BCUT2D eigenvalue weighted by Gasteiger charge is -2.26. The Morgan fingerprint density at radius 1 is 0.895 bits per heavy atom. The summed E-state index contributed by atoms with van der Waals surface area (Å²) in [7, 11) is 0. The SMILES string of the molecule is CCCC(CCC)C(Cl)c1c(C)c(C)cc(C)c1C. The highest BCUT2D eigenvalue weighted by Crippen LogP contribution is 2.39. The van der Waals surface area contributed by atoms with E-state index in [1.165, 1.54) is 53.5 Å². The first-order valence-corrected chi connectivity index (χ1v) is 8.08. The smallest absolute Gasteiger partial charge is 0.0618 e. The van der Waals surface area contributed by atoms with Gasteiger partial charge in [-0.15, -0.1) is 11.6 Å². The highest BCUT2D eigenvalue weighted by atomic mass is 35.5. The molecule has 1 atom stereocenters. The van der Waals surface area contributed by atoms with E-state index in [0.29, 0.717) is 5.92 Å². The molecule has 0 nitrogen and oxygen atoms in total. The average molecular weight is 281 g/mol. The Labute approximate surface area is 124 Å². The topological polar surface area (TPSA) is 0 Å². The highest BCUT2D eigenvalue weighted by Gasteiger charge is 2.24. The Balaban J connectivity index is 3.19. The van der Waals surface area contributed by atoms with Crippen LogP contribution < -0.4 is 0 Å². The summed E-state index contributed by atoms with van der Waals surface area (Å²) in [6.45, 7) is 13.4. The third-order valence-electron chi connectivity index (χ3n) is 4.43. The zero-order chi connectivity index (χ0) is 14.6. The van der Waals surface area contributed by atoms with Crippen LogP contribution in [0.1, 0.15) is 72.7 Å². The second kappa shape index (κ2) is 7.33. The first-order chi connectivity index (χ1) is 8.93. The van der Waals surface area contributed by atoms with Crippen molar-refractivity contribution in [2.24, 2.45) is 5.92 Å². The fourth-order valence-electron chi connectivity index (χ4n) is 3.08. The Hall–Kier alpha value is -0.490. The van der Waals surface area contributed by atoms with Crippen LogP contribution in [0.2, 0.25) is 0 Å². The van der Waals surface area contributed by atoms with Crippen LogP contribution in [-0.4, -0.2) is 0 Å². The van der Waals surface area contributed by atoms with Crippen LogP contribution >= 0.6 is 11.6 Å². The molecule has 19 heavy (non-hydrogen) atoms. The van der Waals surface area contributed by atoms with Crippen molar-refractivity contribution < 1.29 is 0 Å². The Morgan fingerprint density at radius 3 is 1.68 bits per heavy atom. The summed E-state index contributed by atoms with van der Waals surface area (Å²) < 4.78 is 0. The molecular weight excluding hydrogens is 252 g/mol. The van der Waals surface area contributed by atoms with Gasteiger partial charge in [-0.2, -0.15) is 0 Å². The number of rotatable bonds is 6. The summed E-state index contributed by atoms with van der Waals surface area (Å²) in [5.41, 5.74) is 6.91. The Bertz CT molecular complexity index is 388. The zero-order valence-electron chi connectivity index (χ0n) is 13.4. The molecule has 0 aliphatic carbocycles. The zero-order valence-corrected chi connectivity index (χ0v) is 14.2. The quantitative estimate of drug-likeness (QED) is 0.528. The molecule has 0 amide bonds. The molecule has 1 aromatic carbocycles. The predicted octanol–water partition coefficient (Wildman–Crippen LogP) is 6.42. The summed E-state index contributed by atoms with van der Waals surface area (Å²) in [5.74, 6) is 0.607. The van der Waals surface area contributed by atoms with Crippen molar-refractivity contribution in [2.45, 2.75) is 72.6 Å². The van der Waals surface area contributed by atoms with Crippen LogP contribution in [0, 0.1) is 33.6 Å². The first kappa shape index (κ1) is 16.6. The predicted molar refractivity (Wildman–Crippen MR) is 87.3 cm³/mol. The van der Waals surface area contributed by atoms with E-state index in [0.717, 1.165) is 0 Å². The van der Waals surface area contributed by atoms with Crippen LogP contribution in [0.25, 0.3) is 0 Å². The summed E-state index contributed by atoms with van der Waals surface area (Å²) in [6.07, 6.45) is 4.90. The monoisotopic (exact) mass is 280 g/mol. The van der Waals surface area contributed by atoms with Gasteiger partial charge in [0.1, 0.15) is 0 Å². The number of alkyl halides is 1. The number of aryl methyl sites for hydroxylation is 2. The van der Waals surface area contributed by atoms with E-state index >= 15 is 0 Å². The van der Waals surface area contributed by atoms with Crippen molar-refractivity contribution in [2.75, 3.05) is 0 Å². The van der Waals surface area contributed by atoms with Gasteiger partial charge in [-0.3, -0.25) is 0 Å². The van der Waals surface area contributed by atoms with Crippen molar-refractivity contribution in [1.82, 2.24) is 0 Å². The molecule has 0 aliphatic heterocycles. The molecular formula is C18H29Cl. The molecule has 0 aliphatic rings. The normalized spacial score (nSPS) is 13.1. The third-order valence-corrected chi connectivity index (χ3v) is 5.01. The van der Waals surface area contributed by atoms with E-state index in [1.807, 2.05) is 0 Å². The minimum Gasteiger partial charge on any atom is -0.118 e. The number of benzene rings is 1. The molecule has 0 N–H and O–H groups in total. The maximum atomic E-state index is 6.88. The fraction of sp³-hybridized carbons (Fsp3) is 0.667. The summed E-state index contributed by atoms with van der Waals surface area (Å²) in [6, 6.07) is 2.28. The average Bonchev–Trinajstić information content (AvgIpc) is 2.36. The number of hydrogen-bond donors (Lipinski definition) is 0. The lowest BCUT2D eigenvalue weighted by Crippen LogP contribution is -2.12. The molecule has 1 heteroatoms. The van der Waals surface area contributed by atoms with E-state index in [-0.39, 0.29) is 5.38 Å². The number of halogens is 1. The summed E-state index contributed by atoms with van der Waals surface area (Å²) in [5, 5.41) is 0.165. The minimum absolute atomic E-state index is 0.165. The van der Waals surface area contributed by atoms with Crippen molar-refractivity contribution in [3.63, 3.8) is 0 Å². The second-order valence-electron chi connectivity index (χ2n) is 5.91. The van der Waals surface area contributed by atoms with Crippen molar-refractivity contribution in [3.05, 3.63) is 33.9 Å². The Morgan fingerprint density at radius 2 is 1.32 bits per heavy atom. The van der Waals surface area contributed by atoms with Gasteiger partial charge in [0.2, 0.25) is 0 Å². The molecule has 1 unspecified atom stereocenters. The summed E-state index contributed by atoms with van der Waals surface area (Å²) >= 11 is 6.88. The van der Waals surface area contributed by atoms with Gasteiger partial charge in [-0.05, 0) is 74.3 Å². The molecule has 0 saturated heterocycles. The van der Waals surface area contributed by atoms with E-state index in [9.17, 15) is 0 Å². The molecule has 0 aromatic heterocycles. The molecule has 0 saturated carbocycles.